The molecule has 1 amide bonds. The smallest absolute Gasteiger partial charge is 0.375 e. The molecular weight excluding hydrogens is 134 g/mol. The second-order valence-electron chi connectivity index (χ2n) is 2.22. The molecule has 0 aromatic carbocycles. The van der Waals surface area contributed by atoms with Gasteiger partial charge in [0.2, 0.25) is 0 Å². The van der Waals surface area contributed by atoms with Crippen molar-refractivity contribution in [2.45, 2.75) is 19.4 Å². The average Bonchev–Trinajstić information content (AvgIpc) is 2.09. The van der Waals surface area contributed by atoms with E-state index in [0.717, 1.165) is 0 Å². The van der Waals surface area contributed by atoms with Crippen LogP contribution in [0.25, 0.3) is 0 Å². The van der Waals surface area contributed by atoms with Crippen LogP contribution in [0.5, 0.6) is 0 Å². The lowest BCUT2D eigenvalue weighted by atomic mass is 10.2. The highest BCUT2D eigenvalue weighted by atomic mass is 16.6. The van der Waals surface area contributed by atoms with Gasteiger partial charge in [0.05, 0.1) is 0 Å². The molecule has 0 radical (unpaired) electrons. The average molecular weight is 143 g/mol. The molecule has 1 aliphatic rings. The largest absolute Gasteiger partial charge is 0.418 e. The van der Waals surface area contributed by atoms with E-state index in [1.54, 1.807) is 7.05 Å². The Bertz CT molecular complexity index is 178. The van der Waals surface area contributed by atoms with Crippen LogP contribution < -0.4 is 0 Å². The van der Waals surface area contributed by atoms with Crippen molar-refractivity contribution < 1.29 is 14.3 Å². The van der Waals surface area contributed by atoms with E-state index in [1.165, 1.54) is 4.90 Å². The number of esters is 1. The second kappa shape index (κ2) is 2.28. The fourth-order valence-corrected chi connectivity index (χ4v) is 0.952. The van der Waals surface area contributed by atoms with E-state index < -0.39 is 12.1 Å². The van der Waals surface area contributed by atoms with Crippen LogP contribution in [0.15, 0.2) is 0 Å². The Hall–Kier alpha value is -1.06. The van der Waals surface area contributed by atoms with Crippen molar-refractivity contribution in [3.05, 3.63) is 0 Å². The topological polar surface area (TPSA) is 46.6 Å². The van der Waals surface area contributed by atoms with Gasteiger partial charge in [-0.3, -0.25) is 4.90 Å². The zero-order chi connectivity index (χ0) is 7.72. The fourth-order valence-electron chi connectivity index (χ4n) is 0.952. The summed E-state index contributed by atoms with van der Waals surface area (Å²) in [5, 5.41) is 0. The van der Waals surface area contributed by atoms with Gasteiger partial charge in [-0.1, -0.05) is 6.92 Å². The lowest BCUT2D eigenvalue weighted by Gasteiger charge is -2.10. The highest BCUT2D eigenvalue weighted by molar-refractivity contribution is 5.95. The number of likely N-dealkylation sites (N-methyl/N-ethyl adjacent to an activating group) is 1. The van der Waals surface area contributed by atoms with Crippen LogP contribution in [0.1, 0.15) is 13.3 Å². The lowest BCUT2D eigenvalue weighted by molar-refractivity contribution is -0.135. The molecule has 56 valence electrons. The predicted molar refractivity (Wildman–Crippen MR) is 33.3 cm³/mol. The quantitative estimate of drug-likeness (QED) is 0.393. The minimum absolute atomic E-state index is 0.368. The minimum Gasteiger partial charge on any atom is -0.375 e. The molecule has 1 atom stereocenters. The zero-order valence-electron chi connectivity index (χ0n) is 5.96. The Morgan fingerprint density at radius 3 is 2.40 bits per heavy atom. The Labute approximate surface area is 58.8 Å². The molecule has 4 nitrogen and oxygen atoms in total. The third kappa shape index (κ3) is 0.853. The first-order valence-electron chi connectivity index (χ1n) is 3.15. The van der Waals surface area contributed by atoms with Gasteiger partial charge in [-0.2, -0.15) is 0 Å². The molecule has 10 heavy (non-hydrogen) atoms. The van der Waals surface area contributed by atoms with Gasteiger partial charge < -0.3 is 4.74 Å². The van der Waals surface area contributed by atoms with E-state index in [4.69, 9.17) is 0 Å². The van der Waals surface area contributed by atoms with Gasteiger partial charge in [0, 0.05) is 7.05 Å². The molecule has 0 aliphatic carbocycles. The molecule has 0 saturated carbocycles. The fraction of sp³-hybridized carbons (Fsp3) is 0.667. The Morgan fingerprint density at radius 2 is 2.20 bits per heavy atom. The third-order valence-electron chi connectivity index (χ3n) is 1.60. The molecule has 0 N–H and O–H groups in total. The van der Waals surface area contributed by atoms with E-state index in [9.17, 15) is 9.59 Å². The minimum atomic E-state index is -0.545. The summed E-state index contributed by atoms with van der Waals surface area (Å²) in [7, 11) is 1.56. The maximum atomic E-state index is 10.7. The molecule has 1 unspecified atom stereocenters. The van der Waals surface area contributed by atoms with Crippen molar-refractivity contribution in [1.29, 1.82) is 0 Å². The van der Waals surface area contributed by atoms with Crippen LogP contribution in [-0.2, 0) is 9.53 Å². The number of nitrogens with zero attached hydrogens (tertiary/aromatic N) is 1. The summed E-state index contributed by atoms with van der Waals surface area (Å²) in [5.74, 6) is -0.435. The lowest BCUT2D eigenvalue weighted by Crippen LogP contribution is -2.30. The van der Waals surface area contributed by atoms with Crippen LogP contribution >= 0.6 is 0 Å². The van der Waals surface area contributed by atoms with E-state index >= 15 is 0 Å². The molecule has 1 rings (SSSR count). The van der Waals surface area contributed by atoms with Crippen molar-refractivity contribution in [2.75, 3.05) is 7.05 Å². The Balaban J connectivity index is 2.73. The molecule has 0 aromatic heterocycles. The molecule has 4 heteroatoms. The van der Waals surface area contributed by atoms with Gasteiger partial charge >= 0.3 is 12.1 Å². The molecule has 0 spiro atoms. The van der Waals surface area contributed by atoms with Crippen LogP contribution in [-0.4, -0.2) is 30.1 Å². The number of carbonyl (C=O) groups is 2. The Morgan fingerprint density at radius 1 is 1.60 bits per heavy atom. The first-order valence-corrected chi connectivity index (χ1v) is 3.15. The summed E-state index contributed by atoms with van der Waals surface area (Å²) < 4.78 is 4.33. The van der Waals surface area contributed by atoms with E-state index in [0.29, 0.717) is 6.42 Å². The SMILES string of the molecule is CCC1C(=O)OC(=O)N1C. The van der Waals surface area contributed by atoms with Gasteiger partial charge in [-0.15, -0.1) is 0 Å². The molecule has 1 heterocycles. The van der Waals surface area contributed by atoms with Gasteiger partial charge in [0.15, 0.2) is 0 Å². The summed E-state index contributed by atoms with van der Waals surface area (Å²) in [4.78, 5) is 22.7. The number of rotatable bonds is 1. The summed E-state index contributed by atoms with van der Waals surface area (Å²) in [6.45, 7) is 1.83. The molecule has 1 saturated heterocycles. The first-order chi connectivity index (χ1) is 4.66. The van der Waals surface area contributed by atoms with Gasteiger partial charge in [-0.05, 0) is 6.42 Å². The number of cyclic esters (lactones) is 2. The van der Waals surface area contributed by atoms with Crippen LogP contribution in [0.4, 0.5) is 4.79 Å². The normalized spacial score (nSPS) is 25.4. The summed E-state index contributed by atoms with van der Waals surface area (Å²) in [6, 6.07) is -0.368. The number of amides is 1. The van der Waals surface area contributed by atoms with Gasteiger partial charge in [0.1, 0.15) is 6.04 Å². The van der Waals surface area contributed by atoms with Gasteiger partial charge in [-0.25, -0.2) is 9.59 Å². The molecule has 0 bridgehead atoms. The van der Waals surface area contributed by atoms with Crippen LogP contribution in [0.3, 0.4) is 0 Å². The van der Waals surface area contributed by atoms with Crippen molar-refractivity contribution in [2.24, 2.45) is 0 Å². The monoisotopic (exact) mass is 143 g/mol. The standard InChI is InChI=1S/C6H9NO3/c1-3-4-5(8)10-6(9)7(4)2/h4H,3H2,1-2H3. The van der Waals surface area contributed by atoms with Crippen molar-refractivity contribution >= 4 is 12.1 Å². The van der Waals surface area contributed by atoms with Gasteiger partial charge in [0.25, 0.3) is 0 Å². The summed E-state index contributed by atoms with van der Waals surface area (Å²) >= 11 is 0. The number of ether oxygens (including phenoxy) is 1. The number of carbonyl (C=O) groups excluding carboxylic acids is 2. The first kappa shape index (κ1) is 7.05. The number of hydrogen-bond donors (Lipinski definition) is 0. The zero-order valence-corrected chi connectivity index (χ0v) is 5.96. The van der Waals surface area contributed by atoms with Crippen molar-refractivity contribution in [1.82, 2.24) is 4.90 Å². The maximum absolute atomic E-state index is 10.7. The van der Waals surface area contributed by atoms with E-state index in [2.05, 4.69) is 4.74 Å². The molecule has 1 fully saturated rings. The summed E-state index contributed by atoms with van der Waals surface area (Å²) in [6.07, 6.45) is 0.0676. The summed E-state index contributed by atoms with van der Waals surface area (Å²) in [5.41, 5.74) is 0. The van der Waals surface area contributed by atoms with E-state index in [1.807, 2.05) is 6.92 Å². The van der Waals surface area contributed by atoms with Crippen LogP contribution in [0.2, 0.25) is 0 Å². The third-order valence-corrected chi connectivity index (χ3v) is 1.60. The second-order valence-corrected chi connectivity index (χ2v) is 2.22. The number of hydrogen-bond acceptors (Lipinski definition) is 3. The Kier molecular flexibility index (Phi) is 1.61. The van der Waals surface area contributed by atoms with Crippen LogP contribution in [0, 0.1) is 0 Å². The molecule has 1 aliphatic heterocycles. The van der Waals surface area contributed by atoms with Crippen molar-refractivity contribution in [3.63, 3.8) is 0 Å². The maximum Gasteiger partial charge on any atom is 0.418 e. The molecule has 0 aromatic rings. The van der Waals surface area contributed by atoms with E-state index in [-0.39, 0.29) is 6.04 Å². The molecular formula is C6H9NO3. The van der Waals surface area contributed by atoms with Crippen molar-refractivity contribution in [3.8, 4) is 0 Å². The highest BCUT2D eigenvalue weighted by Crippen LogP contribution is 2.13. The predicted octanol–water partition coefficient (Wildman–Crippen LogP) is 0.374. The highest BCUT2D eigenvalue weighted by Gasteiger charge is 2.36.